The molecule has 22 aliphatic rings. The summed E-state index contributed by atoms with van der Waals surface area (Å²) in [7, 11) is 4.78. The van der Waals surface area contributed by atoms with E-state index in [9.17, 15) is 38.4 Å². The summed E-state index contributed by atoms with van der Waals surface area (Å²) < 4.78 is 45.8. The first-order valence-electron chi connectivity index (χ1n) is 29.6. The molecule has 0 aromatic heterocycles. The van der Waals surface area contributed by atoms with E-state index in [1.165, 1.54) is 28.4 Å². The van der Waals surface area contributed by atoms with E-state index in [-0.39, 0.29) is 44.5 Å². The Morgan fingerprint density at radius 3 is 0.402 bits per heavy atom. The van der Waals surface area contributed by atoms with Crippen molar-refractivity contribution >= 4 is 47.8 Å². The zero-order valence-electron chi connectivity index (χ0n) is 54.4. The molecule has 0 radical (unpaired) electrons. The van der Waals surface area contributed by atoms with Gasteiger partial charge in [0.15, 0.2) is 0 Å². The molecule has 0 fully saturated rings. The Labute approximate surface area is 534 Å². The average molecular weight is 1240 g/mol. The van der Waals surface area contributed by atoms with Gasteiger partial charge in [-0.2, -0.15) is 0 Å². The van der Waals surface area contributed by atoms with Crippen LogP contribution in [0.1, 0.15) is 166 Å². The summed E-state index contributed by atoms with van der Waals surface area (Å²) in [4.78, 5) is 116. The number of methoxy groups -OCH3 is 4. The number of ether oxygens (including phenoxy) is 8. The second-order valence-electron chi connectivity index (χ2n) is 25.9. The van der Waals surface area contributed by atoms with Crippen molar-refractivity contribution < 1.29 is 76.3 Å². The lowest BCUT2D eigenvalue weighted by atomic mass is 9.85. The lowest BCUT2D eigenvalue weighted by molar-refractivity contribution is 0.00200. The average Bonchev–Trinajstić information content (AvgIpc) is 0.774. The second kappa shape index (κ2) is 25.4. The van der Waals surface area contributed by atoms with Gasteiger partial charge in [0.05, 0.1) is 72.9 Å². The van der Waals surface area contributed by atoms with Gasteiger partial charge in [-0.05, 0) is 172 Å². The van der Waals surface area contributed by atoms with Crippen LogP contribution < -0.4 is 0 Å². The third-order valence-electron chi connectivity index (χ3n) is 14.8. The highest BCUT2D eigenvalue weighted by molar-refractivity contribution is 6.16. The maximum absolute atomic E-state index is 14.9. The minimum Gasteiger partial charge on any atom is -0.465 e. The SMILES string of the molecule is COC(=O)c1c2ccc(c1C(=O)OC)-c1ccc(cc1)-c1ccc(c(C(=O)OC(C)(C)C)c1C(=O)OC(C)(C)C)-c1ccc(cc1)-c1ccc(c(C(=O)OC)c1C(=O)OC)-c1ccc(cc1)-c1ccc(c(C(=O)OC(C)(C)C)c1C(=O)OC(C)(C)C)-c1ccc-2cc1. The van der Waals surface area contributed by atoms with Crippen LogP contribution in [0.2, 0.25) is 0 Å². The number of esters is 8. The van der Waals surface area contributed by atoms with Crippen molar-refractivity contribution in [2.45, 2.75) is 105 Å². The van der Waals surface area contributed by atoms with Crippen molar-refractivity contribution in [3.63, 3.8) is 0 Å². The van der Waals surface area contributed by atoms with Gasteiger partial charge in [-0.25, -0.2) is 38.4 Å². The molecule has 8 aromatic carbocycles. The Hall–Kier alpha value is -10.5. The standard InChI is InChI=1S/C76H72O16/c1-73(2,3)89-69(81)61-53-37-38-54(62(61)70(82)90-74(4,5)6)46-27-19-42(20-28-46)50-35-36-52(60(68(80)88-16)58(50)66(78)86-14)44-23-31-48(32-24-44)56-40-39-55(63(71(83)91-75(7,8)9)64(56)72(84)92-76(10,11)12)47-29-21-43(22-30-47)51-34-33-49(41-17-25-45(53)26-18-41)57(65(77)85-13)59(51)67(79)87-15/h17-40H,1-16H3. The highest BCUT2D eigenvalue weighted by atomic mass is 16.6. The van der Waals surface area contributed by atoms with E-state index in [2.05, 4.69) is 0 Å². The molecular weight excluding hydrogens is 1170 g/mol. The smallest absolute Gasteiger partial charge is 0.340 e. The summed E-state index contributed by atoms with van der Waals surface area (Å²) in [6.45, 7) is 20.5. The van der Waals surface area contributed by atoms with Crippen LogP contribution in [0.4, 0.5) is 0 Å². The number of hydrogen-bond acceptors (Lipinski definition) is 16. The lowest BCUT2D eigenvalue weighted by Gasteiger charge is -2.25. The van der Waals surface area contributed by atoms with Crippen molar-refractivity contribution in [1.29, 1.82) is 0 Å². The summed E-state index contributed by atoms with van der Waals surface area (Å²) in [6, 6.07) is 40.7. The Balaban J connectivity index is 1.38. The predicted octanol–water partition coefficient (Wildman–Crippen LogP) is 16.3. The molecule has 0 saturated heterocycles. The van der Waals surface area contributed by atoms with Gasteiger partial charge in [0.2, 0.25) is 0 Å². The van der Waals surface area contributed by atoms with E-state index in [0.29, 0.717) is 89.0 Å². The van der Waals surface area contributed by atoms with Crippen LogP contribution >= 0.6 is 0 Å². The minimum atomic E-state index is -1.03. The molecule has 0 amide bonds. The van der Waals surface area contributed by atoms with Crippen LogP contribution in [0.3, 0.4) is 0 Å². The van der Waals surface area contributed by atoms with E-state index in [4.69, 9.17) is 37.9 Å². The molecule has 16 bridgehead atoms. The summed E-state index contributed by atoms with van der Waals surface area (Å²) in [5.74, 6) is -6.71. The van der Waals surface area contributed by atoms with Crippen LogP contribution in [-0.4, -0.2) is 98.6 Å². The highest BCUT2D eigenvalue weighted by Crippen LogP contribution is 2.44. The van der Waals surface area contributed by atoms with E-state index >= 15 is 0 Å². The quantitative estimate of drug-likeness (QED) is 0.102. The van der Waals surface area contributed by atoms with Crippen molar-refractivity contribution in [1.82, 2.24) is 0 Å². The van der Waals surface area contributed by atoms with Gasteiger partial charge in [-0.3, -0.25) is 0 Å². The van der Waals surface area contributed by atoms with Gasteiger partial charge >= 0.3 is 47.8 Å². The number of carbonyl (C=O) groups excluding carboxylic acids is 8. The zero-order chi connectivity index (χ0) is 67.1. The number of rotatable bonds is 8. The van der Waals surface area contributed by atoms with Crippen LogP contribution in [0.15, 0.2) is 146 Å². The first-order valence-corrected chi connectivity index (χ1v) is 29.6. The highest BCUT2D eigenvalue weighted by Gasteiger charge is 2.36. The van der Waals surface area contributed by atoms with E-state index < -0.39 is 70.2 Å². The van der Waals surface area contributed by atoms with E-state index in [0.717, 1.165) is 0 Å². The fourth-order valence-corrected chi connectivity index (χ4v) is 11.1. The normalized spacial score (nSPS) is 11.8. The molecule has 16 heteroatoms. The Kier molecular flexibility index (Phi) is 18.2. The van der Waals surface area contributed by atoms with E-state index in [1.54, 1.807) is 229 Å². The summed E-state index contributed by atoms with van der Waals surface area (Å²) in [6.07, 6.45) is 0. The predicted molar refractivity (Wildman–Crippen MR) is 350 cm³/mol. The molecule has 30 rings (SSSR count). The lowest BCUT2D eigenvalue weighted by Crippen LogP contribution is -2.29. The van der Waals surface area contributed by atoms with Crippen molar-refractivity contribution in [3.05, 3.63) is 190 Å². The van der Waals surface area contributed by atoms with Crippen LogP contribution in [0, 0.1) is 0 Å². The molecule has 8 aromatic rings. The molecule has 0 atom stereocenters. The number of carbonyl (C=O) groups is 8. The third-order valence-corrected chi connectivity index (χ3v) is 14.8. The Bertz CT molecular complexity index is 3740. The molecule has 22 aliphatic carbocycles. The topological polar surface area (TPSA) is 210 Å². The fourth-order valence-electron chi connectivity index (χ4n) is 11.1. The van der Waals surface area contributed by atoms with Crippen molar-refractivity contribution in [2.24, 2.45) is 0 Å². The third kappa shape index (κ3) is 13.6. The first kappa shape index (κ1) is 66.0. The maximum atomic E-state index is 14.9. The number of benzene rings is 8. The monoisotopic (exact) mass is 1240 g/mol. The minimum absolute atomic E-state index is 0.103. The summed E-state index contributed by atoms with van der Waals surface area (Å²) in [5, 5.41) is 0. The van der Waals surface area contributed by atoms with Crippen LogP contribution in [0.25, 0.3) is 89.0 Å². The molecule has 0 aliphatic heterocycles. The van der Waals surface area contributed by atoms with Crippen LogP contribution in [-0.2, 0) is 37.9 Å². The Morgan fingerprint density at radius 2 is 0.304 bits per heavy atom. The maximum Gasteiger partial charge on any atom is 0.340 e. The summed E-state index contributed by atoms with van der Waals surface area (Å²) in [5.41, 5.74) is 0.969. The van der Waals surface area contributed by atoms with Crippen molar-refractivity contribution in [3.8, 4) is 89.0 Å². The largest absolute Gasteiger partial charge is 0.465 e. The number of hydrogen-bond donors (Lipinski definition) is 0. The molecular formula is C76H72O16. The first-order chi connectivity index (χ1) is 43.3. The van der Waals surface area contributed by atoms with E-state index in [1.807, 2.05) is 0 Å². The van der Waals surface area contributed by atoms with Crippen LogP contribution in [0.5, 0.6) is 0 Å². The van der Waals surface area contributed by atoms with Gasteiger partial charge in [0.25, 0.3) is 0 Å². The molecule has 0 saturated carbocycles. The molecule has 92 heavy (non-hydrogen) atoms. The fraction of sp³-hybridized carbons (Fsp3) is 0.263. The molecule has 0 N–H and O–H groups in total. The second-order valence-corrected chi connectivity index (χ2v) is 25.9. The molecule has 472 valence electrons. The van der Waals surface area contributed by atoms with Gasteiger partial charge in [0, 0.05) is 0 Å². The van der Waals surface area contributed by atoms with Gasteiger partial charge in [-0.15, -0.1) is 0 Å². The molecule has 0 spiro atoms. The van der Waals surface area contributed by atoms with Crippen molar-refractivity contribution in [2.75, 3.05) is 28.4 Å². The molecule has 16 nitrogen and oxygen atoms in total. The summed E-state index contributed by atoms with van der Waals surface area (Å²) >= 11 is 0. The molecule has 0 heterocycles. The van der Waals surface area contributed by atoms with Gasteiger partial charge in [-0.1, -0.05) is 146 Å². The Morgan fingerprint density at radius 1 is 0.196 bits per heavy atom. The molecule has 0 unspecified atom stereocenters. The van der Waals surface area contributed by atoms with Gasteiger partial charge < -0.3 is 37.9 Å². The van der Waals surface area contributed by atoms with Gasteiger partial charge in [0.1, 0.15) is 22.4 Å². The zero-order valence-corrected chi connectivity index (χ0v) is 54.4.